The fraction of sp³-hybridized carbons (Fsp3) is 0.222. The standard InChI is InChI=1S/C18H18ClNO4/c1-12-3-5-13(6-4-12)10-20-17(21)11-24-16-9-14(19)7-8-15(16)18(22)23-2/h3-9H,10-11H2,1-2H3,(H,20,21). The van der Waals surface area contributed by atoms with Crippen LogP contribution in [0.15, 0.2) is 42.5 Å². The van der Waals surface area contributed by atoms with Crippen molar-refractivity contribution < 1.29 is 19.1 Å². The van der Waals surface area contributed by atoms with Gasteiger partial charge in [0, 0.05) is 11.6 Å². The molecule has 24 heavy (non-hydrogen) atoms. The molecule has 0 fully saturated rings. The van der Waals surface area contributed by atoms with Gasteiger partial charge in [0.15, 0.2) is 6.61 Å². The van der Waals surface area contributed by atoms with Crippen molar-refractivity contribution in [2.24, 2.45) is 0 Å². The average Bonchev–Trinajstić information content (AvgIpc) is 2.59. The molecule has 2 aromatic rings. The van der Waals surface area contributed by atoms with E-state index < -0.39 is 5.97 Å². The van der Waals surface area contributed by atoms with Crippen molar-refractivity contribution in [2.45, 2.75) is 13.5 Å². The highest BCUT2D eigenvalue weighted by Crippen LogP contribution is 2.24. The molecule has 0 spiro atoms. The third kappa shape index (κ3) is 4.99. The summed E-state index contributed by atoms with van der Waals surface area (Å²) in [7, 11) is 1.27. The van der Waals surface area contributed by atoms with Gasteiger partial charge in [-0.05, 0) is 30.7 Å². The van der Waals surface area contributed by atoms with Crippen molar-refractivity contribution in [3.05, 3.63) is 64.2 Å². The molecule has 0 saturated heterocycles. The number of ether oxygens (including phenoxy) is 2. The van der Waals surface area contributed by atoms with Gasteiger partial charge in [0.2, 0.25) is 0 Å². The summed E-state index contributed by atoms with van der Waals surface area (Å²) in [6, 6.07) is 12.4. The SMILES string of the molecule is COC(=O)c1ccc(Cl)cc1OCC(=O)NCc1ccc(C)cc1. The molecule has 0 heterocycles. The number of methoxy groups -OCH3 is 1. The third-order valence-electron chi connectivity index (χ3n) is 3.32. The monoisotopic (exact) mass is 347 g/mol. The van der Waals surface area contributed by atoms with Gasteiger partial charge in [-0.1, -0.05) is 41.4 Å². The zero-order valence-corrected chi connectivity index (χ0v) is 14.2. The predicted molar refractivity (Wildman–Crippen MR) is 91.3 cm³/mol. The first-order valence-corrected chi connectivity index (χ1v) is 7.70. The van der Waals surface area contributed by atoms with Gasteiger partial charge in [0.1, 0.15) is 11.3 Å². The van der Waals surface area contributed by atoms with Crippen LogP contribution < -0.4 is 10.1 Å². The maximum atomic E-state index is 11.9. The molecule has 1 N–H and O–H groups in total. The molecule has 0 radical (unpaired) electrons. The van der Waals surface area contributed by atoms with Gasteiger partial charge in [0.25, 0.3) is 5.91 Å². The summed E-state index contributed by atoms with van der Waals surface area (Å²) in [6.07, 6.45) is 0. The predicted octanol–water partition coefficient (Wildman–Crippen LogP) is 3.13. The van der Waals surface area contributed by atoms with E-state index in [2.05, 4.69) is 10.1 Å². The Bertz CT molecular complexity index is 728. The topological polar surface area (TPSA) is 64.6 Å². The van der Waals surface area contributed by atoms with Crippen LogP contribution in [0.3, 0.4) is 0 Å². The minimum Gasteiger partial charge on any atom is -0.483 e. The van der Waals surface area contributed by atoms with Crippen molar-refractivity contribution >= 4 is 23.5 Å². The molecule has 0 aliphatic heterocycles. The smallest absolute Gasteiger partial charge is 0.341 e. The number of halogens is 1. The highest BCUT2D eigenvalue weighted by atomic mass is 35.5. The summed E-state index contributed by atoms with van der Waals surface area (Å²) < 4.78 is 10.1. The second kappa shape index (κ2) is 8.36. The Morgan fingerprint density at radius 2 is 1.83 bits per heavy atom. The van der Waals surface area contributed by atoms with Crippen molar-refractivity contribution in [1.82, 2.24) is 5.32 Å². The molecule has 0 aliphatic carbocycles. The van der Waals surface area contributed by atoms with Crippen LogP contribution in [-0.2, 0) is 16.1 Å². The number of benzene rings is 2. The van der Waals surface area contributed by atoms with E-state index in [4.69, 9.17) is 16.3 Å². The Labute approximate surface area is 145 Å². The van der Waals surface area contributed by atoms with Crippen LogP contribution in [0.25, 0.3) is 0 Å². The van der Waals surface area contributed by atoms with E-state index in [0.717, 1.165) is 11.1 Å². The van der Waals surface area contributed by atoms with Gasteiger partial charge in [-0.25, -0.2) is 4.79 Å². The Balaban J connectivity index is 1.92. The zero-order valence-electron chi connectivity index (χ0n) is 13.5. The first-order chi connectivity index (χ1) is 11.5. The maximum absolute atomic E-state index is 11.9. The molecule has 126 valence electrons. The number of hydrogen-bond donors (Lipinski definition) is 1. The second-order valence-corrected chi connectivity index (χ2v) is 5.62. The van der Waals surface area contributed by atoms with Crippen molar-refractivity contribution in [2.75, 3.05) is 13.7 Å². The fourth-order valence-corrected chi connectivity index (χ4v) is 2.16. The molecule has 1 amide bonds. The van der Waals surface area contributed by atoms with Gasteiger partial charge in [-0.3, -0.25) is 4.79 Å². The van der Waals surface area contributed by atoms with Crippen LogP contribution >= 0.6 is 11.6 Å². The van der Waals surface area contributed by atoms with Crippen LogP contribution in [0.2, 0.25) is 5.02 Å². The highest BCUT2D eigenvalue weighted by Gasteiger charge is 2.14. The van der Waals surface area contributed by atoms with Gasteiger partial charge in [-0.15, -0.1) is 0 Å². The van der Waals surface area contributed by atoms with Crippen molar-refractivity contribution in [1.29, 1.82) is 0 Å². The quantitative estimate of drug-likeness (QED) is 0.815. The minimum absolute atomic E-state index is 0.208. The Hall–Kier alpha value is -2.53. The van der Waals surface area contributed by atoms with E-state index in [1.54, 1.807) is 6.07 Å². The first kappa shape index (κ1) is 17.8. The normalized spacial score (nSPS) is 10.1. The average molecular weight is 348 g/mol. The van der Waals surface area contributed by atoms with Gasteiger partial charge >= 0.3 is 5.97 Å². The lowest BCUT2D eigenvalue weighted by atomic mass is 10.1. The Kier molecular flexibility index (Phi) is 6.21. The number of rotatable bonds is 6. The van der Waals surface area contributed by atoms with E-state index >= 15 is 0 Å². The van der Waals surface area contributed by atoms with E-state index in [9.17, 15) is 9.59 Å². The Morgan fingerprint density at radius 1 is 1.12 bits per heavy atom. The molecule has 0 saturated carbocycles. The van der Waals surface area contributed by atoms with E-state index in [1.165, 1.54) is 19.2 Å². The number of aryl methyl sites for hydroxylation is 1. The Morgan fingerprint density at radius 3 is 2.50 bits per heavy atom. The summed E-state index contributed by atoms with van der Waals surface area (Å²) in [5.41, 5.74) is 2.37. The first-order valence-electron chi connectivity index (χ1n) is 7.32. The lowest BCUT2D eigenvalue weighted by Crippen LogP contribution is -2.28. The molecule has 5 nitrogen and oxygen atoms in total. The molecule has 6 heteroatoms. The van der Waals surface area contributed by atoms with Gasteiger partial charge in [-0.2, -0.15) is 0 Å². The van der Waals surface area contributed by atoms with Crippen molar-refractivity contribution in [3.8, 4) is 5.75 Å². The second-order valence-electron chi connectivity index (χ2n) is 5.18. The number of carbonyl (C=O) groups is 2. The lowest BCUT2D eigenvalue weighted by Gasteiger charge is -2.11. The molecule has 0 aromatic heterocycles. The van der Waals surface area contributed by atoms with Crippen LogP contribution in [-0.4, -0.2) is 25.6 Å². The third-order valence-corrected chi connectivity index (χ3v) is 3.55. The minimum atomic E-state index is -0.554. The summed E-state index contributed by atoms with van der Waals surface area (Å²) >= 11 is 5.90. The number of carbonyl (C=O) groups excluding carboxylic acids is 2. The number of hydrogen-bond acceptors (Lipinski definition) is 4. The molecule has 2 rings (SSSR count). The molecule has 0 unspecified atom stereocenters. The van der Waals surface area contributed by atoms with Gasteiger partial charge < -0.3 is 14.8 Å². The molecule has 0 atom stereocenters. The van der Waals surface area contributed by atoms with Crippen LogP contribution in [0.5, 0.6) is 5.75 Å². The maximum Gasteiger partial charge on any atom is 0.341 e. The largest absolute Gasteiger partial charge is 0.483 e. The van der Waals surface area contributed by atoms with E-state index in [1.807, 2.05) is 31.2 Å². The van der Waals surface area contributed by atoms with E-state index in [-0.39, 0.29) is 23.8 Å². The molecular formula is C18H18ClNO4. The number of esters is 1. The van der Waals surface area contributed by atoms with Crippen LogP contribution in [0.1, 0.15) is 21.5 Å². The molecule has 0 aliphatic rings. The highest BCUT2D eigenvalue weighted by molar-refractivity contribution is 6.30. The fourth-order valence-electron chi connectivity index (χ4n) is 2.00. The number of amides is 1. The summed E-state index contributed by atoms with van der Waals surface area (Å²) in [6.45, 7) is 2.18. The van der Waals surface area contributed by atoms with Crippen LogP contribution in [0, 0.1) is 6.92 Å². The molecular weight excluding hydrogens is 330 g/mol. The van der Waals surface area contributed by atoms with Crippen molar-refractivity contribution in [3.63, 3.8) is 0 Å². The molecule has 2 aromatic carbocycles. The number of nitrogens with one attached hydrogen (secondary N) is 1. The van der Waals surface area contributed by atoms with Gasteiger partial charge in [0.05, 0.1) is 7.11 Å². The molecule has 0 bridgehead atoms. The summed E-state index contributed by atoms with van der Waals surface area (Å²) in [5.74, 6) is -0.645. The van der Waals surface area contributed by atoms with Crippen LogP contribution in [0.4, 0.5) is 0 Å². The zero-order chi connectivity index (χ0) is 17.5. The van der Waals surface area contributed by atoms with E-state index in [0.29, 0.717) is 11.6 Å². The lowest BCUT2D eigenvalue weighted by molar-refractivity contribution is -0.123. The summed E-state index contributed by atoms with van der Waals surface area (Å²) in [5, 5.41) is 3.15. The summed E-state index contributed by atoms with van der Waals surface area (Å²) in [4.78, 5) is 23.6.